The number of fused-ring (bicyclic) bond motifs is 16. The Balaban J connectivity index is 1.25. The molecule has 53 heavy (non-hydrogen) atoms. The number of benzene rings is 8. The molecule has 8 aromatic carbocycles. The Kier molecular flexibility index (Phi) is 5.16. The molecule has 3 aromatic heterocycles. The molecule has 5 heterocycles. The van der Waals surface area contributed by atoms with Crippen molar-refractivity contribution in [1.29, 1.82) is 0 Å². The Morgan fingerprint density at radius 1 is 0.377 bits per heavy atom. The predicted molar refractivity (Wildman–Crippen MR) is 218 cm³/mol. The molecule has 13 rings (SSSR count). The molecule has 2 aliphatic heterocycles. The molecule has 0 amide bonds. The van der Waals surface area contributed by atoms with E-state index in [0.717, 1.165) is 77.5 Å². The minimum absolute atomic E-state index is 0.0127. The highest BCUT2D eigenvalue weighted by atomic mass is 16.3. The standard InChI is InChI=1S/C48H26BNO3/c1-2-11-27(12-3-1)28-21-24-35-47-45(28)46-32(22-25-40-43(46)30-14-5-8-18-37(30)52-40)49(47)33-23-26-41-44(31-15-6-9-19-38(31)53-41)48(33)50(35)34-16-10-20-39-42(34)29-13-4-7-17-36(29)51-39/h1-26H. The smallest absolute Gasteiger partial charge is 0.248 e. The maximum absolute atomic E-state index is 6.60. The summed E-state index contributed by atoms with van der Waals surface area (Å²) in [5, 5.41) is 6.72. The van der Waals surface area contributed by atoms with Gasteiger partial charge < -0.3 is 18.2 Å². The van der Waals surface area contributed by atoms with Gasteiger partial charge in [-0.2, -0.15) is 0 Å². The first kappa shape index (κ1) is 27.7. The fraction of sp³-hybridized carbons (Fsp3) is 0. The Labute approximate surface area is 303 Å². The van der Waals surface area contributed by atoms with E-state index >= 15 is 0 Å². The second-order valence-corrected chi connectivity index (χ2v) is 14.3. The normalized spacial score (nSPS) is 13.2. The molecule has 0 saturated heterocycles. The first-order valence-corrected chi connectivity index (χ1v) is 18.1. The zero-order valence-corrected chi connectivity index (χ0v) is 28.3. The van der Waals surface area contributed by atoms with Crippen molar-refractivity contribution in [3.63, 3.8) is 0 Å². The van der Waals surface area contributed by atoms with E-state index in [4.69, 9.17) is 13.3 Å². The molecule has 0 saturated carbocycles. The van der Waals surface area contributed by atoms with Gasteiger partial charge in [0.15, 0.2) is 0 Å². The Bertz CT molecular complexity index is 3370. The van der Waals surface area contributed by atoms with E-state index in [2.05, 4.69) is 150 Å². The average Bonchev–Trinajstić information content (AvgIpc) is 3.98. The molecule has 0 unspecified atom stereocenters. The number of rotatable bonds is 2. The predicted octanol–water partition coefficient (Wildman–Crippen LogP) is 11.3. The van der Waals surface area contributed by atoms with Crippen LogP contribution < -0.4 is 21.3 Å². The van der Waals surface area contributed by atoms with Crippen molar-refractivity contribution in [2.75, 3.05) is 4.90 Å². The van der Waals surface area contributed by atoms with Crippen molar-refractivity contribution in [3.8, 4) is 22.3 Å². The summed E-state index contributed by atoms with van der Waals surface area (Å²) in [5.41, 5.74) is 17.5. The molecule has 0 atom stereocenters. The van der Waals surface area contributed by atoms with Crippen LogP contribution in [0.5, 0.6) is 0 Å². The lowest BCUT2D eigenvalue weighted by molar-refractivity contribution is 0.668. The van der Waals surface area contributed by atoms with E-state index in [-0.39, 0.29) is 6.71 Å². The van der Waals surface area contributed by atoms with Crippen molar-refractivity contribution in [3.05, 3.63) is 158 Å². The summed E-state index contributed by atoms with van der Waals surface area (Å²) >= 11 is 0. The maximum atomic E-state index is 6.60. The Hall–Kier alpha value is -6.98. The summed E-state index contributed by atoms with van der Waals surface area (Å²) in [6.07, 6.45) is 0. The van der Waals surface area contributed by atoms with E-state index in [1.165, 1.54) is 44.0 Å². The molecule has 0 radical (unpaired) electrons. The van der Waals surface area contributed by atoms with Gasteiger partial charge in [-0.3, -0.25) is 0 Å². The largest absolute Gasteiger partial charge is 0.456 e. The number of hydrogen-bond acceptors (Lipinski definition) is 4. The van der Waals surface area contributed by atoms with Crippen LogP contribution in [0.1, 0.15) is 0 Å². The Morgan fingerprint density at radius 3 is 1.66 bits per heavy atom. The van der Waals surface area contributed by atoms with Crippen LogP contribution in [-0.4, -0.2) is 6.71 Å². The number of para-hydroxylation sites is 3. The van der Waals surface area contributed by atoms with Gasteiger partial charge in [-0.1, -0.05) is 115 Å². The van der Waals surface area contributed by atoms with Crippen molar-refractivity contribution in [2.45, 2.75) is 0 Å². The quantitative estimate of drug-likeness (QED) is 0.171. The van der Waals surface area contributed by atoms with Crippen LogP contribution in [0, 0.1) is 0 Å². The van der Waals surface area contributed by atoms with Crippen LogP contribution in [0.3, 0.4) is 0 Å². The molecule has 0 fully saturated rings. The van der Waals surface area contributed by atoms with E-state index in [0.29, 0.717) is 0 Å². The molecule has 0 aliphatic carbocycles. The molecule has 0 N–H and O–H groups in total. The van der Waals surface area contributed by atoms with Crippen LogP contribution in [0.15, 0.2) is 171 Å². The molecule has 5 heteroatoms. The number of anilines is 3. The number of furan rings is 3. The molecule has 2 aliphatic rings. The van der Waals surface area contributed by atoms with Gasteiger partial charge in [0.25, 0.3) is 0 Å². The van der Waals surface area contributed by atoms with Crippen LogP contribution >= 0.6 is 0 Å². The third-order valence-electron chi connectivity index (χ3n) is 11.7. The molecule has 0 spiro atoms. The SMILES string of the molecule is c1ccc(-c2ccc3c4c2-c2c(ccc5oc6ccccc6c25)B4c2ccc4oc5ccccc5c4c2N3c2cccc3oc4ccccc4c23)cc1. The van der Waals surface area contributed by atoms with E-state index in [1.807, 2.05) is 12.1 Å². The highest BCUT2D eigenvalue weighted by molar-refractivity contribution is 7.02. The van der Waals surface area contributed by atoms with Crippen molar-refractivity contribution < 1.29 is 13.3 Å². The first-order valence-electron chi connectivity index (χ1n) is 18.1. The lowest BCUT2D eigenvalue weighted by atomic mass is 9.37. The summed E-state index contributed by atoms with van der Waals surface area (Å²) < 4.78 is 19.7. The highest BCUT2D eigenvalue weighted by Crippen LogP contribution is 2.51. The van der Waals surface area contributed by atoms with Gasteiger partial charge >= 0.3 is 0 Å². The lowest BCUT2D eigenvalue weighted by Crippen LogP contribution is -2.54. The summed E-state index contributed by atoms with van der Waals surface area (Å²) in [5.74, 6) is 0. The molecule has 11 aromatic rings. The summed E-state index contributed by atoms with van der Waals surface area (Å²) in [6, 6.07) is 56.2. The summed E-state index contributed by atoms with van der Waals surface area (Å²) in [6.45, 7) is -0.0127. The molecule has 0 bridgehead atoms. The van der Waals surface area contributed by atoms with Gasteiger partial charge in [0.05, 0.1) is 22.1 Å². The van der Waals surface area contributed by atoms with Gasteiger partial charge in [0, 0.05) is 27.2 Å². The van der Waals surface area contributed by atoms with Crippen molar-refractivity contribution in [1.82, 2.24) is 0 Å². The monoisotopic (exact) mass is 675 g/mol. The minimum Gasteiger partial charge on any atom is -0.456 e. The third-order valence-corrected chi connectivity index (χ3v) is 11.7. The van der Waals surface area contributed by atoms with Crippen LogP contribution in [-0.2, 0) is 0 Å². The third kappa shape index (κ3) is 3.47. The zero-order chi connectivity index (χ0) is 34.4. The van der Waals surface area contributed by atoms with Gasteiger partial charge in [-0.25, -0.2) is 0 Å². The maximum Gasteiger partial charge on any atom is 0.248 e. The average molecular weight is 676 g/mol. The second kappa shape index (κ2) is 9.87. The van der Waals surface area contributed by atoms with Crippen LogP contribution in [0.4, 0.5) is 17.1 Å². The topological polar surface area (TPSA) is 42.7 Å². The summed E-state index contributed by atoms with van der Waals surface area (Å²) in [7, 11) is 0. The highest BCUT2D eigenvalue weighted by Gasteiger charge is 2.46. The summed E-state index contributed by atoms with van der Waals surface area (Å²) in [4.78, 5) is 2.50. The zero-order valence-electron chi connectivity index (χ0n) is 28.3. The van der Waals surface area contributed by atoms with Gasteiger partial charge in [0.2, 0.25) is 6.71 Å². The van der Waals surface area contributed by atoms with E-state index < -0.39 is 0 Å². The fourth-order valence-corrected chi connectivity index (χ4v) is 9.65. The van der Waals surface area contributed by atoms with Crippen molar-refractivity contribution >= 4 is 106 Å². The van der Waals surface area contributed by atoms with Crippen LogP contribution in [0.2, 0.25) is 0 Å². The van der Waals surface area contributed by atoms with E-state index in [1.54, 1.807) is 0 Å². The number of nitrogens with zero attached hydrogens (tertiary/aromatic N) is 1. The molecule has 244 valence electrons. The van der Waals surface area contributed by atoms with Gasteiger partial charge in [-0.15, -0.1) is 0 Å². The Morgan fingerprint density at radius 2 is 0.943 bits per heavy atom. The second-order valence-electron chi connectivity index (χ2n) is 14.3. The van der Waals surface area contributed by atoms with E-state index in [9.17, 15) is 0 Å². The van der Waals surface area contributed by atoms with Crippen LogP contribution in [0.25, 0.3) is 88.1 Å². The number of hydrogen-bond donors (Lipinski definition) is 0. The van der Waals surface area contributed by atoms with Gasteiger partial charge in [0.1, 0.15) is 33.5 Å². The molecular weight excluding hydrogens is 649 g/mol. The first-order chi connectivity index (χ1) is 26.3. The van der Waals surface area contributed by atoms with Crippen molar-refractivity contribution in [2.24, 2.45) is 0 Å². The lowest BCUT2D eigenvalue weighted by Gasteiger charge is -2.37. The fourth-order valence-electron chi connectivity index (χ4n) is 9.65. The minimum atomic E-state index is -0.0127. The molecular formula is C48H26BNO3. The van der Waals surface area contributed by atoms with Gasteiger partial charge in [-0.05, 0) is 81.7 Å². The molecule has 4 nitrogen and oxygen atoms in total.